The van der Waals surface area contributed by atoms with Crippen LogP contribution in [0.15, 0.2) is 35.0 Å². The van der Waals surface area contributed by atoms with E-state index in [1.165, 1.54) is 22.0 Å². The highest BCUT2D eigenvalue weighted by atomic mass is 16.5. The van der Waals surface area contributed by atoms with E-state index in [2.05, 4.69) is 63.1 Å². The van der Waals surface area contributed by atoms with Crippen LogP contribution in [-0.4, -0.2) is 77.9 Å². The number of nitrogens with one attached hydrogen (secondary N) is 1. The smallest absolute Gasteiger partial charge is 0.240 e. The van der Waals surface area contributed by atoms with Crippen molar-refractivity contribution in [2.24, 2.45) is 5.92 Å². The summed E-state index contributed by atoms with van der Waals surface area (Å²) in [6, 6.07) is 8.45. The minimum atomic E-state index is -0.236. The van der Waals surface area contributed by atoms with Gasteiger partial charge in [0.05, 0.1) is 19.2 Å². The van der Waals surface area contributed by atoms with Crippen molar-refractivity contribution in [3.8, 4) is 0 Å². The Kier molecular flexibility index (Phi) is 7.46. The standard InChI is InChI=1S/C28H39N5O3/c1-19(2)14-24-23-6-5-7-26-27(23)21(17-33(26)18-22-15-20(3)36-30-22)16-25(29-24)28(34)32-10-8-31(9-11-32)12-13-35-4/h5-7,15,17,19,24-25,29H,8-14,16,18H2,1-4H3. The molecule has 1 saturated heterocycles. The molecule has 5 rings (SSSR count). The molecule has 2 unspecified atom stereocenters. The largest absolute Gasteiger partial charge is 0.383 e. The highest BCUT2D eigenvalue weighted by molar-refractivity contribution is 5.90. The van der Waals surface area contributed by atoms with E-state index in [1.807, 2.05) is 13.0 Å². The molecule has 8 nitrogen and oxygen atoms in total. The van der Waals surface area contributed by atoms with E-state index < -0.39 is 0 Å². The highest BCUT2D eigenvalue weighted by Crippen LogP contribution is 2.36. The number of rotatable bonds is 8. The lowest BCUT2D eigenvalue weighted by Gasteiger charge is -2.37. The molecule has 2 aromatic heterocycles. The van der Waals surface area contributed by atoms with Gasteiger partial charge in [0.25, 0.3) is 0 Å². The molecule has 1 fully saturated rings. The van der Waals surface area contributed by atoms with Crippen molar-refractivity contribution in [2.45, 2.75) is 52.2 Å². The first-order valence-electron chi connectivity index (χ1n) is 13.2. The molecule has 1 aromatic carbocycles. The number of aryl methyl sites for hydroxylation is 1. The maximum absolute atomic E-state index is 13.8. The van der Waals surface area contributed by atoms with Crippen LogP contribution >= 0.6 is 0 Å². The number of carbonyl (C=O) groups is 1. The van der Waals surface area contributed by atoms with Gasteiger partial charge in [-0.15, -0.1) is 0 Å². The minimum absolute atomic E-state index is 0.136. The van der Waals surface area contributed by atoms with Gasteiger partial charge in [-0.3, -0.25) is 15.0 Å². The molecule has 2 aliphatic heterocycles. The summed E-state index contributed by atoms with van der Waals surface area (Å²) in [7, 11) is 1.74. The summed E-state index contributed by atoms with van der Waals surface area (Å²) < 4.78 is 12.8. The molecule has 0 bridgehead atoms. The van der Waals surface area contributed by atoms with Crippen molar-refractivity contribution in [1.29, 1.82) is 0 Å². The molecule has 0 radical (unpaired) electrons. The molecule has 0 aliphatic carbocycles. The fourth-order valence-corrected chi connectivity index (χ4v) is 5.78. The monoisotopic (exact) mass is 493 g/mol. The third-order valence-electron chi connectivity index (χ3n) is 7.53. The van der Waals surface area contributed by atoms with Crippen molar-refractivity contribution in [2.75, 3.05) is 46.4 Å². The Labute approximate surface area is 213 Å². The first kappa shape index (κ1) is 25.0. The van der Waals surface area contributed by atoms with E-state index in [-0.39, 0.29) is 18.0 Å². The van der Waals surface area contributed by atoms with Crippen molar-refractivity contribution in [1.82, 2.24) is 24.8 Å². The molecule has 36 heavy (non-hydrogen) atoms. The Bertz CT molecular complexity index is 1190. The van der Waals surface area contributed by atoms with Gasteiger partial charge in [-0.2, -0.15) is 0 Å². The molecular formula is C28H39N5O3. The first-order chi connectivity index (χ1) is 17.4. The third kappa shape index (κ3) is 5.21. The lowest BCUT2D eigenvalue weighted by molar-refractivity contribution is -0.135. The van der Waals surface area contributed by atoms with Gasteiger partial charge in [0.2, 0.25) is 5.91 Å². The molecule has 1 N–H and O–H groups in total. The van der Waals surface area contributed by atoms with Gasteiger partial charge < -0.3 is 18.7 Å². The van der Waals surface area contributed by atoms with E-state index >= 15 is 0 Å². The first-order valence-corrected chi connectivity index (χ1v) is 13.2. The van der Waals surface area contributed by atoms with Crippen LogP contribution in [0.3, 0.4) is 0 Å². The molecule has 3 aromatic rings. The van der Waals surface area contributed by atoms with Gasteiger partial charge >= 0.3 is 0 Å². The summed E-state index contributed by atoms with van der Waals surface area (Å²) in [4.78, 5) is 18.2. The second-order valence-electron chi connectivity index (χ2n) is 10.7. The summed E-state index contributed by atoms with van der Waals surface area (Å²) in [5, 5.41) is 9.29. The SMILES string of the molecule is COCCN1CCN(C(=O)C2Cc3cn(Cc4cc(C)on4)c4cccc(c34)C(CC(C)C)N2)CC1. The molecule has 8 heteroatoms. The molecule has 2 aliphatic rings. The normalized spacial score (nSPS) is 20.9. The van der Waals surface area contributed by atoms with Gasteiger partial charge in [-0.05, 0) is 42.9 Å². The summed E-state index contributed by atoms with van der Waals surface area (Å²) in [5.74, 6) is 1.55. The molecule has 1 amide bonds. The zero-order chi connectivity index (χ0) is 25.2. The van der Waals surface area contributed by atoms with Gasteiger partial charge in [0.1, 0.15) is 11.5 Å². The van der Waals surface area contributed by atoms with E-state index in [0.717, 1.165) is 57.2 Å². The summed E-state index contributed by atoms with van der Waals surface area (Å²) in [6.45, 7) is 12.1. The average Bonchev–Trinajstić information content (AvgIpc) is 3.39. The van der Waals surface area contributed by atoms with Crippen LogP contribution in [0, 0.1) is 12.8 Å². The second kappa shape index (κ2) is 10.7. The quantitative estimate of drug-likeness (QED) is 0.519. The Balaban J connectivity index is 1.43. The van der Waals surface area contributed by atoms with Crippen LogP contribution < -0.4 is 5.32 Å². The fourth-order valence-electron chi connectivity index (χ4n) is 5.78. The molecular weight excluding hydrogens is 454 g/mol. The van der Waals surface area contributed by atoms with Gasteiger partial charge in [0, 0.05) is 69.0 Å². The van der Waals surface area contributed by atoms with Gasteiger partial charge in [0.15, 0.2) is 0 Å². The number of amides is 1. The van der Waals surface area contributed by atoms with E-state index in [0.29, 0.717) is 18.9 Å². The topological polar surface area (TPSA) is 75.8 Å². The average molecular weight is 494 g/mol. The number of benzene rings is 1. The Hall–Kier alpha value is -2.68. The Morgan fingerprint density at radius 2 is 2.06 bits per heavy atom. The van der Waals surface area contributed by atoms with Crippen LogP contribution in [0.2, 0.25) is 0 Å². The molecule has 194 valence electrons. The number of methoxy groups -OCH3 is 1. The Morgan fingerprint density at radius 1 is 1.25 bits per heavy atom. The molecule has 4 heterocycles. The number of ether oxygens (including phenoxy) is 1. The van der Waals surface area contributed by atoms with Gasteiger partial charge in [-0.1, -0.05) is 31.1 Å². The predicted molar refractivity (Wildman–Crippen MR) is 140 cm³/mol. The Morgan fingerprint density at radius 3 is 2.75 bits per heavy atom. The van der Waals surface area contributed by atoms with Crippen LogP contribution in [0.25, 0.3) is 10.9 Å². The van der Waals surface area contributed by atoms with Crippen molar-refractivity contribution < 1.29 is 14.1 Å². The summed E-state index contributed by atoms with van der Waals surface area (Å²) in [6.07, 6.45) is 3.90. The molecule has 0 spiro atoms. The van der Waals surface area contributed by atoms with E-state index in [9.17, 15) is 4.79 Å². The van der Waals surface area contributed by atoms with Gasteiger partial charge in [-0.25, -0.2) is 0 Å². The number of nitrogens with zero attached hydrogens (tertiary/aromatic N) is 4. The third-order valence-corrected chi connectivity index (χ3v) is 7.53. The maximum atomic E-state index is 13.8. The highest BCUT2D eigenvalue weighted by Gasteiger charge is 2.34. The van der Waals surface area contributed by atoms with Crippen molar-refractivity contribution in [3.63, 3.8) is 0 Å². The van der Waals surface area contributed by atoms with Crippen molar-refractivity contribution >= 4 is 16.8 Å². The fraction of sp³-hybridized carbons (Fsp3) is 0.571. The van der Waals surface area contributed by atoms with Crippen LogP contribution in [0.5, 0.6) is 0 Å². The zero-order valence-electron chi connectivity index (χ0n) is 22.0. The lowest BCUT2D eigenvalue weighted by Crippen LogP contribution is -2.55. The minimum Gasteiger partial charge on any atom is -0.383 e. The van der Waals surface area contributed by atoms with E-state index in [4.69, 9.17) is 9.26 Å². The number of aromatic nitrogens is 2. The van der Waals surface area contributed by atoms with Crippen molar-refractivity contribution in [3.05, 3.63) is 53.0 Å². The maximum Gasteiger partial charge on any atom is 0.240 e. The summed E-state index contributed by atoms with van der Waals surface area (Å²) >= 11 is 0. The molecule has 0 saturated carbocycles. The second-order valence-corrected chi connectivity index (χ2v) is 10.7. The predicted octanol–water partition coefficient (Wildman–Crippen LogP) is 3.38. The van der Waals surface area contributed by atoms with Crippen LogP contribution in [0.1, 0.15) is 48.9 Å². The lowest BCUT2D eigenvalue weighted by atomic mass is 9.94. The van der Waals surface area contributed by atoms with Crippen LogP contribution in [0.4, 0.5) is 0 Å². The number of hydrogen-bond acceptors (Lipinski definition) is 6. The number of carbonyl (C=O) groups excluding carboxylic acids is 1. The summed E-state index contributed by atoms with van der Waals surface area (Å²) in [5.41, 5.74) is 4.63. The van der Waals surface area contributed by atoms with E-state index in [1.54, 1.807) is 7.11 Å². The zero-order valence-corrected chi connectivity index (χ0v) is 22.0. The number of hydrogen-bond donors (Lipinski definition) is 1. The van der Waals surface area contributed by atoms with Crippen LogP contribution in [-0.2, 0) is 22.5 Å². The number of piperazine rings is 1. The molecule has 2 atom stereocenters.